The molecule has 7 nitrogen and oxygen atoms in total. The van der Waals surface area contributed by atoms with Gasteiger partial charge in [-0.2, -0.15) is 5.10 Å². The van der Waals surface area contributed by atoms with Crippen LogP contribution >= 0.6 is 0 Å². The fourth-order valence-corrected chi connectivity index (χ4v) is 1.67. The average molecular weight is 282 g/mol. The summed E-state index contributed by atoms with van der Waals surface area (Å²) in [7, 11) is 1.81. The summed E-state index contributed by atoms with van der Waals surface area (Å²) in [5, 5.41) is 18.5. The number of nitrogens with zero attached hydrogens (tertiary/aromatic N) is 2. The second kappa shape index (κ2) is 6.40. The van der Waals surface area contributed by atoms with E-state index < -0.39 is 17.5 Å². The van der Waals surface area contributed by atoms with Crippen molar-refractivity contribution in [3.8, 4) is 0 Å². The minimum absolute atomic E-state index is 0.300. The molecule has 0 bridgehead atoms. The normalized spacial score (nSPS) is 13.6. The quantitative estimate of drug-likeness (QED) is 0.726. The lowest BCUT2D eigenvalue weighted by Gasteiger charge is -2.24. The third-order valence-corrected chi connectivity index (χ3v) is 3.39. The summed E-state index contributed by atoms with van der Waals surface area (Å²) >= 11 is 0. The Bertz CT molecular complexity index is 498. The maximum atomic E-state index is 11.8. The van der Waals surface area contributed by atoms with Gasteiger partial charge >= 0.3 is 12.0 Å². The summed E-state index contributed by atoms with van der Waals surface area (Å²) in [6.45, 7) is 5.50. The molecular formula is C13H22N4O3. The Hall–Kier alpha value is -2.05. The summed E-state index contributed by atoms with van der Waals surface area (Å²) < 4.78 is 1.70. The lowest BCUT2D eigenvalue weighted by molar-refractivity contribution is -0.143. The Morgan fingerprint density at radius 3 is 2.55 bits per heavy atom. The zero-order valence-corrected chi connectivity index (χ0v) is 12.4. The van der Waals surface area contributed by atoms with Crippen LogP contribution in [-0.2, 0) is 24.8 Å². The summed E-state index contributed by atoms with van der Waals surface area (Å²) in [5.74, 6) is -1.05. The molecule has 0 spiro atoms. The van der Waals surface area contributed by atoms with Crippen molar-refractivity contribution >= 4 is 12.0 Å². The van der Waals surface area contributed by atoms with Crippen LogP contribution in [0.4, 0.5) is 4.79 Å². The number of carbonyl (C=O) groups excluding carboxylic acids is 1. The first kappa shape index (κ1) is 16.0. The number of hydrogen-bond acceptors (Lipinski definition) is 3. The van der Waals surface area contributed by atoms with E-state index in [2.05, 4.69) is 15.7 Å². The molecule has 1 unspecified atom stereocenters. The first-order valence-corrected chi connectivity index (χ1v) is 6.63. The molecule has 0 fully saturated rings. The smallest absolute Gasteiger partial charge is 0.329 e. The molecule has 2 amide bonds. The van der Waals surface area contributed by atoms with Gasteiger partial charge in [0.25, 0.3) is 0 Å². The fraction of sp³-hybridized carbons (Fsp3) is 0.615. The van der Waals surface area contributed by atoms with E-state index in [0.717, 1.165) is 17.8 Å². The number of carbonyl (C=O) groups is 2. The first-order chi connectivity index (χ1) is 9.32. The number of urea groups is 1. The van der Waals surface area contributed by atoms with Crippen LogP contribution in [0.5, 0.6) is 0 Å². The Labute approximate surface area is 118 Å². The third-order valence-electron chi connectivity index (χ3n) is 3.39. The van der Waals surface area contributed by atoms with Gasteiger partial charge in [0, 0.05) is 7.05 Å². The van der Waals surface area contributed by atoms with E-state index in [9.17, 15) is 9.59 Å². The SMILES string of the molecule is CCc1cc(CNC(=O)NC(C)(CC)C(=O)O)n(C)n1. The average Bonchev–Trinajstić information content (AvgIpc) is 2.76. The highest BCUT2D eigenvalue weighted by molar-refractivity contribution is 5.85. The van der Waals surface area contributed by atoms with Gasteiger partial charge in [0.1, 0.15) is 5.54 Å². The van der Waals surface area contributed by atoms with E-state index in [1.165, 1.54) is 6.92 Å². The first-order valence-electron chi connectivity index (χ1n) is 6.63. The monoisotopic (exact) mass is 282 g/mol. The highest BCUT2D eigenvalue weighted by Gasteiger charge is 2.32. The van der Waals surface area contributed by atoms with Crippen LogP contribution in [-0.4, -0.2) is 32.4 Å². The molecule has 1 heterocycles. The van der Waals surface area contributed by atoms with Gasteiger partial charge in [-0.1, -0.05) is 13.8 Å². The summed E-state index contributed by atoms with van der Waals surface area (Å²) in [6, 6.07) is 1.41. The number of carboxylic acid groups (broad SMARTS) is 1. The molecule has 1 aromatic heterocycles. The minimum atomic E-state index is -1.26. The Balaban J connectivity index is 2.59. The maximum Gasteiger partial charge on any atom is 0.329 e. The number of rotatable bonds is 6. The number of carboxylic acids is 1. The van der Waals surface area contributed by atoms with Crippen molar-refractivity contribution in [2.45, 2.75) is 45.7 Å². The summed E-state index contributed by atoms with van der Waals surface area (Å²) in [6.07, 6.45) is 1.13. The molecule has 1 atom stereocenters. The molecule has 1 aromatic rings. The van der Waals surface area contributed by atoms with Crippen molar-refractivity contribution in [1.29, 1.82) is 0 Å². The molecule has 7 heteroatoms. The molecule has 0 radical (unpaired) electrons. The van der Waals surface area contributed by atoms with E-state index in [-0.39, 0.29) is 0 Å². The number of aliphatic carboxylic acids is 1. The van der Waals surface area contributed by atoms with Crippen LogP contribution < -0.4 is 10.6 Å². The number of hydrogen-bond donors (Lipinski definition) is 3. The highest BCUT2D eigenvalue weighted by atomic mass is 16.4. The molecule has 0 saturated carbocycles. The van der Waals surface area contributed by atoms with Gasteiger partial charge in [0.2, 0.25) is 0 Å². The van der Waals surface area contributed by atoms with Gasteiger partial charge in [0.15, 0.2) is 0 Å². The minimum Gasteiger partial charge on any atom is -0.480 e. The number of aromatic nitrogens is 2. The van der Waals surface area contributed by atoms with Gasteiger partial charge in [-0.05, 0) is 25.8 Å². The molecule has 0 aliphatic carbocycles. The summed E-state index contributed by atoms with van der Waals surface area (Å²) in [4.78, 5) is 22.9. The van der Waals surface area contributed by atoms with Crippen molar-refractivity contribution in [2.24, 2.45) is 7.05 Å². The lowest BCUT2D eigenvalue weighted by Crippen LogP contribution is -2.54. The Morgan fingerprint density at radius 1 is 1.45 bits per heavy atom. The molecule has 3 N–H and O–H groups in total. The number of nitrogens with one attached hydrogen (secondary N) is 2. The van der Waals surface area contributed by atoms with Crippen molar-refractivity contribution in [3.05, 3.63) is 17.5 Å². The molecule has 112 valence electrons. The predicted octanol–water partition coefficient (Wildman–Crippen LogP) is 1.03. The van der Waals surface area contributed by atoms with Crippen LogP contribution in [0, 0.1) is 0 Å². The lowest BCUT2D eigenvalue weighted by atomic mass is 10.00. The largest absolute Gasteiger partial charge is 0.480 e. The van der Waals surface area contributed by atoms with Crippen molar-refractivity contribution in [2.75, 3.05) is 0 Å². The highest BCUT2D eigenvalue weighted by Crippen LogP contribution is 2.09. The zero-order chi connectivity index (χ0) is 15.3. The predicted molar refractivity (Wildman–Crippen MR) is 74.3 cm³/mol. The van der Waals surface area contributed by atoms with Gasteiger partial charge in [-0.25, -0.2) is 9.59 Å². The summed E-state index contributed by atoms with van der Waals surface area (Å²) in [5.41, 5.74) is 0.560. The second-order valence-electron chi connectivity index (χ2n) is 4.90. The van der Waals surface area contributed by atoms with Gasteiger partial charge in [-0.15, -0.1) is 0 Å². The maximum absolute atomic E-state index is 11.8. The molecule has 0 aliphatic rings. The molecule has 20 heavy (non-hydrogen) atoms. The topological polar surface area (TPSA) is 96.3 Å². The van der Waals surface area contributed by atoms with E-state index in [1.54, 1.807) is 11.6 Å². The molecular weight excluding hydrogens is 260 g/mol. The second-order valence-corrected chi connectivity index (χ2v) is 4.90. The van der Waals surface area contributed by atoms with Crippen LogP contribution in [0.25, 0.3) is 0 Å². The Morgan fingerprint density at radius 2 is 2.10 bits per heavy atom. The van der Waals surface area contributed by atoms with Crippen molar-refractivity contribution < 1.29 is 14.7 Å². The van der Waals surface area contributed by atoms with Crippen LogP contribution in [0.1, 0.15) is 38.6 Å². The molecule has 0 saturated heterocycles. The number of amides is 2. The third kappa shape index (κ3) is 3.72. The van der Waals surface area contributed by atoms with Crippen molar-refractivity contribution in [1.82, 2.24) is 20.4 Å². The van der Waals surface area contributed by atoms with E-state index in [4.69, 9.17) is 5.11 Å². The van der Waals surface area contributed by atoms with Gasteiger partial charge in [0.05, 0.1) is 17.9 Å². The zero-order valence-electron chi connectivity index (χ0n) is 12.4. The van der Waals surface area contributed by atoms with E-state index >= 15 is 0 Å². The van der Waals surface area contributed by atoms with E-state index in [0.29, 0.717) is 13.0 Å². The van der Waals surface area contributed by atoms with Gasteiger partial charge in [-0.3, -0.25) is 4.68 Å². The standard InChI is InChI=1S/C13H22N4O3/c1-5-9-7-10(17(4)16-9)8-14-12(20)15-13(3,6-2)11(18)19/h7H,5-6,8H2,1-4H3,(H,18,19)(H2,14,15,20). The van der Waals surface area contributed by atoms with E-state index in [1.807, 2.05) is 20.0 Å². The van der Waals surface area contributed by atoms with Crippen LogP contribution in [0.15, 0.2) is 6.07 Å². The van der Waals surface area contributed by atoms with Crippen molar-refractivity contribution in [3.63, 3.8) is 0 Å². The van der Waals surface area contributed by atoms with Crippen LogP contribution in [0.2, 0.25) is 0 Å². The molecule has 1 rings (SSSR count). The van der Waals surface area contributed by atoms with Gasteiger partial charge < -0.3 is 15.7 Å². The Kier molecular flexibility index (Phi) is 5.12. The molecule has 0 aliphatic heterocycles. The number of aryl methyl sites for hydroxylation is 2. The fourth-order valence-electron chi connectivity index (χ4n) is 1.67. The van der Waals surface area contributed by atoms with Crippen LogP contribution in [0.3, 0.4) is 0 Å². The molecule has 0 aromatic carbocycles.